The van der Waals surface area contributed by atoms with Crippen molar-refractivity contribution in [1.82, 2.24) is 9.80 Å². The first-order valence-corrected chi connectivity index (χ1v) is 17.2. The number of rotatable bonds is 11. The van der Waals surface area contributed by atoms with E-state index in [1.807, 2.05) is 24.3 Å². The molecule has 0 aromatic heterocycles. The third-order valence-electron chi connectivity index (χ3n) is 9.69. The van der Waals surface area contributed by atoms with Crippen LogP contribution in [0, 0.1) is 5.82 Å². The molecule has 0 saturated carbocycles. The Balaban J connectivity index is 1.26. The lowest BCUT2D eigenvalue weighted by Crippen LogP contribution is -2.48. The van der Waals surface area contributed by atoms with Crippen molar-refractivity contribution in [3.05, 3.63) is 111 Å². The Kier molecular flexibility index (Phi) is 10.8. The molecule has 1 unspecified atom stereocenters. The number of Topliss-reactive ketones (excluding diaryl/α,β-unsaturated/α-hetero) is 1. The largest absolute Gasteiger partial charge is 0.480 e. The minimum atomic E-state index is -1.16. The standard InChI is InChI=1S/C38H36ClFN4O8/c39-28-6-2-5-27(34(28)40)30-20-32(52-42-30)36(47)44-18-15-25-24(22-13-16-43(17-14-22)33(46)12-11-29(41)38(50)51)3-1-4-26(25)35(44)31(45)19-21-7-9-23(10-8-21)37(48)49/h1-10,13,29,32,35H,11-12,14-20,41H2,(H,48,49)(H,50,51)/t29-,32?,35-/m0/s1. The van der Waals surface area contributed by atoms with Crippen molar-refractivity contribution >= 4 is 52.4 Å². The predicted octanol–water partition coefficient (Wildman–Crippen LogP) is 4.42. The quantitative estimate of drug-likeness (QED) is 0.258. The number of hydrogen-bond acceptors (Lipinski definition) is 8. The number of nitrogens with zero attached hydrogens (tertiary/aromatic N) is 3. The number of ketones is 1. The third kappa shape index (κ3) is 7.60. The van der Waals surface area contributed by atoms with Crippen molar-refractivity contribution in [1.29, 1.82) is 0 Å². The van der Waals surface area contributed by atoms with Crippen LogP contribution in [0.4, 0.5) is 4.39 Å². The van der Waals surface area contributed by atoms with Crippen LogP contribution in [0.5, 0.6) is 0 Å². The number of nitrogens with two attached hydrogens (primary N) is 1. The van der Waals surface area contributed by atoms with E-state index in [1.54, 1.807) is 23.1 Å². The molecule has 0 radical (unpaired) electrons. The number of carbonyl (C=O) groups excluding carboxylic acids is 3. The summed E-state index contributed by atoms with van der Waals surface area (Å²) in [5.74, 6) is -3.87. The zero-order valence-electron chi connectivity index (χ0n) is 28.0. The number of aromatic carboxylic acids is 1. The van der Waals surface area contributed by atoms with Crippen molar-refractivity contribution in [2.75, 3.05) is 19.6 Å². The van der Waals surface area contributed by atoms with Crippen LogP contribution in [0.3, 0.4) is 0 Å². The van der Waals surface area contributed by atoms with Gasteiger partial charge in [-0.2, -0.15) is 0 Å². The molecule has 52 heavy (non-hydrogen) atoms. The summed E-state index contributed by atoms with van der Waals surface area (Å²) < 4.78 is 14.8. The summed E-state index contributed by atoms with van der Waals surface area (Å²) in [6.07, 6.45) is 1.76. The van der Waals surface area contributed by atoms with Crippen molar-refractivity contribution in [3.8, 4) is 0 Å². The van der Waals surface area contributed by atoms with Crippen LogP contribution < -0.4 is 5.73 Å². The van der Waals surface area contributed by atoms with Crippen molar-refractivity contribution in [2.24, 2.45) is 10.9 Å². The van der Waals surface area contributed by atoms with Crippen LogP contribution in [0.25, 0.3) is 5.57 Å². The molecule has 3 heterocycles. The second-order valence-electron chi connectivity index (χ2n) is 12.9. The summed E-state index contributed by atoms with van der Waals surface area (Å²) in [6.45, 7) is 0.929. The Morgan fingerprint density at radius 2 is 1.71 bits per heavy atom. The lowest BCUT2D eigenvalue weighted by atomic mass is 9.82. The van der Waals surface area contributed by atoms with Gasteiger partial charge in [-0.15, -0.1) is 0 Å². The maximum atomic E-state index is 14.8. The van der Waals surface area contributed by atoms with Crippen LogP contribution in [0.2, 0.25) is 5.02 Å². The van der Waals surface area contributed by atoms with Crippen LogP contribution in [-0.4, -0.2) is 87.0 Å². The average Bonchev–Trinajstić information content (AvgIpc) is 3.64. The topological polar surface area (TPSA) is 180 Å². The SMILES string of the molecule is N[C@@H](CCC(=O)N1CC=C(c2cccc3c2CCN(C(=O)C2CC(c4cccc(Cl)c4F)=NO2)[C@@H]3C(=O)Cc2ccc(C(=O)O)cc2)CC1)C(=O)O. The molecule has 3 aromatic carbocycles. The minimum Gasteiger partial charge on any atom is -0.480 e. The fourth-order valence-electron chi connectivity index (χ4n) is 6.90. The first-order valence-electron chi connectivity index (χ1n) is 16.8. The van der Waals surface area contributed by atoms with Gasteiger partial charge in [-0.25, -0.2) is 9.18 Å². The van der Waals surface area contributed by atoms with Gasteiger partial charge < -0.3 is 30.6 Å². The smallest absolute Gasteiger partial charge is 0.335 e. The molecule has 3 aliphatic heterocycles. The van der Waals surface area contributed by atoms with E-state index in [0.717, 1.165) is 16.7 Å². The molecule has 0 spiro atoms. The van der Waals surface area contributed by atoms with Gasteiger partial charge in [0.1, 0.15) is 12.1 Å². The van der Waals surface area contributed by atoms with Gasteiger partial charge in [0.05, 0.1) is 16.3 Å². The highest BCUT2D eigenvalue weighted by Gasteiger charge is 2.42. The molecular weight excluding hydrogens is 695 g/mol. The maximum Gasteiger partial charge on any atom is 0.335 e. The number of carboxylic acids is 2. The Morgan fingerprint density at radius 3 is 2.40 bits per heavy atom. The zero-order valence-corrected chi connectivity index (χ0v) is 28.7. The minimum absolute atomic E-state index is 0.0232. The highest BCUT2D eigenvalue weighted by Crippen LogP contribution is 2.38. The van der Waals surface area contributed by atoms with Crippen molar-refractivity contribution in [2.45, 2.75) is 56.7 Å². The van der Waals surface area contributed by atoms with E-state index in [4.69, 9.17) is 27.3 Å². The van der Waals surface area contributed by atoms with Crippen LogP contribution >= 0.6 is 11.6 Å². The average molecular weight is 731 g/mol. The number of fused-ring (bicyclic) bond motifs is 1. The Morgan fingerprint density at radius 1 is 0.981 bits per heavy atom. The third-order valence-corrected chi connectivity index (χ3v) is 9.98. The predicted molar refractivity (Wildman–Crippen MR) is 188 cm³/mol. The molecule has 3 aliphatic rings. The first kappa shape index (κ1) is 36.4. The summed E-state index contributed by atoms with van der Waals surface area (Å²) >= 11 is 5.97. The van der Waals surface area contributed by atoms with E-state index < -0.39 is 41.9 Å². The van der Waals surface area contributed by atoms with Crippen LogP contribution in [0.1, 0.15) is 69.9 Å². The molecular formula is C38H36ClFN4O8. The van der Waals surface area contributed by atoms with E-state index in [2.05, 4.69) is 5.16 Å². The molecule has 3 aromatic rings. The zero-order chi connectivity index (χ0) is 37.1. The molecule has 6 rings (SSSR count). The fraction of sp³-hybridized carbons (Fsp3) is 0.316. The Hall–Kier alpha value is -5.40. The fourth-order valence-corrected chi connectivity index (χ4v) is 7.07. The van der Waals surface area contributed by atoms with Gasteiger partial charge in [-0.1, -0.05) is 59.2 Å². The van der Waals surface area contributed by atoms with Crippen LogP contribution in [-0.2, 0) is 36.9 Å². The summed E-state index contributed by atoms with van der Waals surface area (Å²) in [6, 6.07) is 14.0. The molecule has 2 amide bonds. The number of halogens is 2. The monoisotopic (exact) mass is 730 g/mol. The van der Waals surface area contributed by atoms with E-state index in [9.17, 15) is 33.5 Å². The molecule has 0 fully saturated rings. The lowest BCUT2D eigenvalue weighted by Gasteiger charge is -2.38. The summed E-state index contributed by atoms with van der Waals surface area (Å²) in [5, 5.41) is 22.3. The number of carboxylic acid groups (broad SMARTS) is 2. The van der Waals surface area contributed by atoms with E-state index in [1.165, 1.54) is 29.2 Å². The summed E-state index contributed by atoms with van der Waals surface area (Å²) in [4.78, 5) is 72.3. The van der Waals surface area contributed by atoms with Gasteiger partial charge in [-0.3, -0.25) is 19.2 Å². The molecule has 0 bridgehead atoms. The van der Waals surface area contributed by atoms with Gasteiger partial charge in [0.2, 0.25) is 12.0 Å². The van der Waals surface area contributed by atoms with Gasteiger partial charge >= 0.3 is 11.9 Å². The lowest BCUT2D eigenvalue weighted by molar-refractivity contribution is -0.149. The van der Waals surface area contributed by atoms with Gasteiger partial charge in [0.25, 0.3) is 5.91 Å². The number of benzene rings is 3. The summed E-state index contributed by atoms with van der Waals surface area (Å²) in [5.41, 5.74) is 10.0. The van der Waals surface area contributed by atoms with Crippen molar-refractivity contribution < 1.29 is 43.4 Å². The number of carbonyl (C=O) groups is 5. The molecule has 3 atom stereocenters. The van der Waals surface area contributed by atoms with E-state index in [-0.39, 0.29) is 65.8 Å². The van der Waals surface area contributed by atoms with Crippen LogP contribution in [0.15, 0.2) is 71.9 Å². The number of aliphatic carboxylic acids is 1. The van der Waals surface area contributed by atoms with E-state index in [0.29, 0.717) is 37.1 Å². The maximum absolute atomic E-state index is 14.8. The highest BCUT2D eigenvalue weighted by molar-refractivity contribution is 6.31. The first-order chi connectivity index (χ1) is 24.9. The second-order valence-corrected chi connectivity index (χ2v) is 13.3. The Labute approximate surface area is 303 Å². The molecule has 4 N–H and O–H groups in total. The molecule has 0 saturated heterocycles. The Bertz CT molecular complexity index is 2000. The molecule has 0 aliphatic carbocycles. The van der Waals surface area contributed by atoms with Gasteiger partial charge in [-0.05, 0) is 71.4 Å². The molecule has 12 nitrogen and oxygen atoms in total. The highest BCUT2D eigenvalue weighted by atomic mass is 35.5. The second kappa shape index (κ2) is 15.5. The number of amides is 2. The van der Waals surface area contributed by atoms with Gasteiger partial charge in [0, 0.05) is 44.5 Å². The normalized spacial score (nSPS) is 18.8. The van der Waals surface area contributed by atoms with Crippen molar-refractivity contribution in [3.63, 3.8) is 0 Å². The van der Waals surface area contributed by atoms with Gasteiger partial charge in [0.15, 0.2) is 11.6 Å². The molecule has 270 valence electrons. The van der Waals surface area contributed by atoms with E-state index >= 15 is 0 Å². The summed E-state index contributed by atoms with van der Waals surface area (Å²) in [7, 11) is 0. The molecule has 14 heteroatoms. The number of hydrogen-bond donors (Lipinski definition) is 3. The number of oxime groups is 1.